The molecule has 3 aromatic rings. The zero-order valence-corrected chi connectivity index (χ0v) is 13.5. The Morgan fingerprint density at radius 3 is 2.62 bits per heavy atom. The van der Waals surface area contributed by atoms with Crippen LogP contribution in [0.2, 0.25) is 0 Å². The zero-order chi connectivity index (χ0) is 14.7. The fourth-order valence-electron chi connectivity index (χ4n) is 1.84. The maximum Gasteiger partial charge on any atom is 0.226 e. The molecule has 0 N–H and O–H groups in total. The number of aryl methyl sites for hydroxylation is 2. The smallest absolute Gasteiger partial charge is 0.226 e. The highest BCUT2D eigenvalue weighted by atomic mass is 32.2. The van der Waals surface area contributed by atoms with E-state index in [4.69, 9.17) is 4.42 Å². The number of benzene rings is 1. The lowest BCUT2D eigenvalue weighted by atomic mass is 10.2. The summed E-state index contributed by atoms with van der Waals surface area (Å²) in [5, 5.41) is 11.0. The van der Waals surface area contributed by atoms with E-state index in [-0.39, 0.29) is 0 Å². The minimum atomic E-state index is 0.612. The molecule has 108 valence electrons. The summed E-state index contributed by atoms with van der Waals surface area (Å²) in [6, 6.07) is 8.46. The van der Waals surface area contributed by atoms with Gasteiger partial charge in [0.15, 0.2) is 0 Å². The number of thiazole rings is 1. The van der Waals surface area contributed by atoms with Gasteiger partial charge in [0.2, 0.25) is 11.8 Å². The minimum absolute atomic E-state index is 0.612. The van der Waals surface area contributed by atoms with Crippen LogP contribution in [0.1, 0.15) is 23.0 Å². The van der Waals surface area contributed by atoms with E-state index >= 15 is 0 Å². The van der Waals surface area contributed by atoms with Crippen molar-refractivity contribution in [3.63, 3.8) is 0 Å². The van der Waals surface area contributed by atoms with Gasteiger partial charge in [-0.3, -0.25) is 0 Å². The van der Waals surface area contributed by atoms with Gasteiger partial charge in [-0.1, -0.05) is 29.8 Å². The molecule has 2 heterocycles. The quantitative estimate of drug-likeness (QED) is 0.704. The third-order valence-corrected chi connectivity index (χ3v) is 4.78. The molecule has 1 aromatic carbocycles. The van der Waals surface area contributed by atoms with Crippen LogP contribution in [-0.2, 0) is 11.5 Å². The number of thioether (sulfide) groups is 1. The van der Waals surface area contributed by atoms with E-state index < -0.39 is 0 Å². The molecule has 21 heavy (non-hydrogen) atoms. The van der Waals surface area contributed by atoms with Crippen molar-refractivity contribution in [3.05, 3.63) is 52.7 Å². The van der Waals surface area contributed by atoms with Gasteiger partial charge in [0, 0.05) is 23.6 Å². The van der Waals surface area contributed by atoms with Gasteiger partial charge < -0.3 is 4.42 Å². The lowest BCUT2D eigenvalue weighted by molar-refractivity contribution is 0.485. The molecule has 0 fully saturated rings. The van der Waals surface area contributed by atoms with Crippen molar-refractivity contribution in [1.82, 2.24) is 15.2 Å². The summed E-state index contributed by atoms with van der Waals surface area (Å²) in [6.45, 7) is 3.89. The lowest BCUT2D eigenvalue weighted by Gasteiger charge is -1.97. The predicted molar refractivity (Wildman–Crippen MR) is 86.3 cm³/mol. The van der Waals surface area contributed by atoms with E-state index in [1.54, 1.807) is 30.0 Å². The molecule has 0 aliphatic rings. The van der Waals surface area contributed by atoms with Crippen LogP contribution >= 0.6 is 23.1 Å². The molecule has 0 spiro atoms. The predicted octanol–water partition coefficient (Wildman–Crippen LogP) is 4.24. The van der Waals surface area contributed by atoms with Crippen molar-refractivity contribution < 1.29 is 4.42 Å². The molecule has 3 rings (SSSR count). The third-order valence-electron chi connectivity index (χ3n) is 2.89. The van der Waals surface area contributed by atoms with Crippen LogP contribution in [0.25, 0.3) is 10.6 Å². The average Bonchev–Trinajstić information content (AvgIpc) is 3.09. The highest BCUT2D eigenvalue weighted by molar-refractivity contribution is 7.97. The molecule has 0 atom stereocenters. The molecule has 0 saturated carbocycles. The molecule has 0 aliphatic heterocycles. The molecule has 0 amide bonds. The Bertz CT molecular complexity index is 719. The first kappa shape index (κ1) is 14.3. The zero-order valence-electron chi connectivity index (χ0n) is 11.9. The second kappa shape index (κ2) is 6.41. The molecule has 0 aliphatic carbocycles. The molecule has 0 radical (unpaired) electrons. The molecule has 2 aromatic heterocycles. The van der Waals surface area contributed by atoms with Gasteiger partial charge in [-0.25, -0.2) is 4.98 Å². The van der Waals surface area contributed by atoms with E-state index in [9.17, 15) is 0 Å². The maximum atomic E-state index is 5.35. The maximum absolute atomic E-state index is 5.35. The van der Waals surface area contributed by atoms with Crippen LogP contribution < -0.4 is 0 Å². The number of hydrogen-bond acceptors (Lipinski definition) is 6. The first-order valence-electron chi connectivity index (χ1n) is 6.59. The van der Waals surface area contributed by atoms with Crippen molar-refractivity contribution in [1.29, 1.82) is 0 Å². The third kappa shape index (κ3) is 3.71. The van der Waals surface area contributed by atoms with Crippen molar-refractivity contribution in [2.45, 2.75) is 25.4 Å². The fraction of sp³-hybridized carbons (Fsp3) is 0.267. The minimum Gasteiger partial charge on any atom is -0.425 e. The van der Waals surface area contributed by atoms with E-state index in [0.29, 0.717) is 11.8 Å². The first-order valence-corrected chi connectivity index (χ1v) is 8.62. The largest absolute Gasteiger partial charge is 0.425 e. The Labute approximate surface area is 131 Å². The number of nitrogens with zero attached hydrogens (tertiary/aromatic N) is 3. The van der Waals surface area contributed by atoms with Crippen LogP contribution in [0.15, 0.2) is 34.1 Å². The van der Waals surface area contributed by atoms with E-state index in [1.165, 1.54) is 11.1 Å². The van der Waals surface area contributed by atoms with E-state index in [2.05, 4.69) is 51.8 Å². The number of hydrogen-bond donors (Lipinski definition) is 0. The van der Waals surface area contributed by atoms with Crippen molar-refractivity contribution in [3.8, 4) is 10.6 Å². The highest BCUT2D eigenvalue weighted by Crippen LogP contribution is 2.26. The van der Waals surface area contributed by atoms with Gasteiger partial charge in [-0.2, -0.15) is 0 Å². The van der Waals surface area contributed by atoms with Crippen LogP contribution in [0.4, 0.5) is 0 Å². The summed E-state index contributed by atoms with van der Waals surface area (Å²) in [7, 11) is 0. The molecule has 6 heteroatoms. The SMILES string of the molecule is Cc1ccc(-c2nc(CSCc3nnc(C)o3)cs2)cc1. The summed E-state index contributed by atoms with van der Waals surface area (Å²) in [6.07, 6.45) is 0. The van der Waals surface area contributed by atoms with Gasteiger partial charge >= 0.3 is 0 Å². The molecule has 0 unspecified atom stereocenters. The number of rotatable bonds is 5. The van der Waals surface area contributed by atoms with E-state index in [0.717, 1.165) is 22.2 Å². The van der Waals surface area contributed by atoms with Gasteiger partial charge in [0.25, 0.3) is 0 Å². The molecule has 4 nitrogen and oxygen atoms in total. The van der Waals surface area contributed by atoms with E-state index in [1.807, 2.05) is 0 Å². The topological polar surface area (TPSA) is 51.8 Å². The Kier molecular flexibility index (Phi) is 4.36. The van der Waals surface area contributed by atoms with Gasteiger partial charge in [-0.15, -0.1) is 33.3 Å². The molecular weight excluding hydrogens is 302 g/mol. The molecular formula is C15H15N3OS2. The highest BCUT2D eigenvalue weighted by Gasteiger charge is 2.06. The van der Waals surface area contributed by atoms with Crippen molar-refractivity contribution in [2.24, 2.45) is 0 Å². The Balaban J connectivity index is 1.59. The molecule has 0 saturated heterocycles. The summed E-state index contributed by atoms with van der Waals surface area (Å²) < 4.78 is 5.35. The summed E-state index contributed by atoms with van der Waals surface area (Å²) in [4.78, 5) is 4.68. The normalized spacial score (nSPS) is 11.0. The summed E-state index contributed by atoms with van der Waals surface area (Å²) in [5.74, 6) is 2.86. The van der Waals surface area contributed by atoms with Crippen molar-refractivity contribution >= 4 is 23.1 Å². The summed E-state index contributed by atoms with van der Waals surface area (Å²) in [5.41, 5.74) is 3.53. The first-order chi connectivity index (χ1) is 10.2. The average molecular weight is 317 g/mol. The monoisotopic (exact) mass is 317 g/mol. The Morgan fingerprint density at radius 2 is 1.90 bits per heavy atom. The van der Waals surface area contributed by atoms with Crippen LogP contribution in [-0.4, -0.2) is 15.2 Å². The molecule has 0 bridgehead atoms. The van der Waals surface area contributed by atoms with Crippen LogP contribution in [0.5, 0.6) is 0 Å². The summed E-state index contributed by atoms with van der Waals surface area (Å²) >= 11 is 3.41. The van der Waals surface area contributed by atoms with Crippen molar-refractivity contribution in [2.75, 3.05) is 0 Å². The Hall–Kier alpha value is -1.66. The fourth-order valence-corrected chi connectivity index (χ4v) is 3.52. The second-order valence-corrected chi connectivity index (χ2v) is 6.56. The lowest BCUT2D eigenvalue weighted by Crippen LogP contribution is -1.85. The van der Waals surface area contributed by atoms with Gasteiger partial charge in [0.1, 0.15) is 5.01 Å². The second-order valence-electron chi connectivity index (χ2n) is 4.72. The van der Waals surface area contributed by atoms with Crippen LogP contribution in [0.3, 0.4) is 0 Å². The Morgan fingerprint density at radius 1 is 1.10 bits per heavy atom. The van der Waals surface area contributed by atoms with Gasteiger partial charge in [-0.05, 0) is 6.92 Å². The number of aromatic nitrogens is 3. The van der Waals surface area contributed by atoms with Gasteiger partial charge in [0.05, 0.1) is 11.4 Å². The standard InChI is InChI=1S/C15H15N3OS2/c1-10-3-5-12(6-4-10)15-16-13(8-21-15)7-20-9-14-18-17-11(2)19-14/h3-6,8H,7,9H2,1-2H3. The van der Waals surface area contributed by atoms with Crippen LogP contribution in [0, 0.1) is 13.8 Å².